The molecule has 14 nitrogen and oxygen atoms in total. The number of hydrogen-bond acceptors (Lipinski definition) is 12. The van der Waals surface area contributed by atoms with Crippen molar-refractivity contribution >= 4 is 47.9 Å². The maximum absolute atomic E-state index is 13.9. The van der Waals surface area contributed by atoms with Gasteiger partial charge in [-0.1, -0.05) is 6.07 Å². The molecule has 3 amide bonds. The minimum absolute atomic E-state index is 0.0218. The Morgan fingerprint density at radius 2 is 1.46 bits per heavy atom. The first-order chi connectivity index (χ1) is 25.0. The number of piperazine rings is 1. The average molecular weight is 749 g/mol. The van der Waals surface area contributed by atoms with Crippen LogP contribution in [0.3, 0.4) is 0 Å². The van der Waals surface area contributed by atoms with Gasteiger partial charge >= 0.3 is 19.3 Å². The number of ether oxygens (including phenoxy) is 2. The smallest absolute Gasteiger partial charge is 0.444 e. The van der Waals surface area contributed by atoms with Crippen LogP contribution in [0.25, 0.3) is 0 Å². The molecule has 3 fully saturated rings. The number of piperidine rings is 1. The number of β-amino-alcohol motifs (C(OH)–C–C–N with tert-alkyl or cyclic N) is 1. The lowest BCUT2D eigenvalue weighted by Gasteiger charge is -2.43. The fourth-order valence-electron chi connectivity index (χ4n) is 7.16. The Hall–Kier alpha value is -3.92. The normalized spacial score (nSPS) is 21.3. The van der Waals surface area contributed by atoms with Crippen molar-refractivity contribution in [3.8, 4) is 0 Å². The van der Waals surface area contributed by atoms with E-state index in [0.717, 1.165) is 10.6 Å². The number of pyridine rings is 1. The minimum atomic E-state index is -0.814. The zero-order chi connectivity index (χ0) is 39.4. The SMILES string of the molecule is CC(C)(C)OC(=O)N1CCN(CC2(O)CCN(c3ccc(Nc4ccc(B5OC(C)(C)C(C)(C)O5)c5c4C(=O)N(C(=O)OC(C)(C)C)C5)nc3)CC2)CC1. The molecular weight excluding hydrogens is 691 g/mol. The zero-order valence-corrected chi connectivity index (χ0v) is 33.6. The molecule has 6 rings (SSSR count). The quantitative estimate of drug-likeness (QED) is 0.388. The second kappa shape index (κ2) is 14.3. The molecule has 0 saturated carbocycles. The maximum atomic E-state index is 13.9. The predicted molar refractivity (Wildman–Crippen MR) is 206 cm³/mol. The van der Waals surface area contributed by atoms with Crippen molar-refractivity contribution in [2.75, 3.05) is 56.0 Å². The highest BCUT2D eigenvalue weighted by molar-refractivity contribution is 6.63. The Balaban J connectivity index is 1.10. The molecule has 15 heteroatoms. The van der Waals surface area contributed by atoms with Gasteiger partial charge in [-0.15, -0.1) is 0 Å². The predicted octanol–water partition coefficient (Wildman–Crippen LogP) is 4.90. The van der Waals surface area contributed by atoms with Crippen molar-refractivity contribution in [3.05, 3.63) is 41.6 Å². The van der Waals surface area contributed by atoms with Crippen molar-refractivity contribution < 1.29 is 38.3 Å². The highest BCUT2D eigenvalue weighted by atomic mass is 16.7. The maximum Gasteiger partial charge on any atom is 0.495 e. The van der Waals surface area contributed by atoms with Crippen LogP contribution in [0, 0.1) is 0 Å². The monoisotopic (exact) mass is 748 g/mol. The number of carbonyl (C=O) groups is 3. The molecule has 1 aromatic carbocycles. The molecule has 2 aromatic rings. The van der Waals surface area contributed by atoms with Gasteiger partial charge in [0.25, 0.3) is 5.91 Å². The van der Waals surface area contributed by atoms with Crippen LogP contribution >= 0.6 is 0 Å². The third kappa shape index (κ3) is 8.64. The van der Waals surface area contributed by atoms with E-state index in [2.05, 4.69) is 20.1 Å². The molecule has 3 saturated heterocycles. The fourth-order valence-corrected chi connectivity index (χ4v) is 7.16. The number of aromatic nitrogens is 1. The van der Waals surface area contributed by atoms with Crippen molar-refractivity contribution in [2.24, 2.45) is 0 Å². The van der Waals surface area contributed by atoms with E-state index in [4.69, 9.17) is 18.8 Å². The van der Waals surface area contributed by atoms with Crippen LogP contribution in [0.4, 0.5) is 26.8 Å². The number of aliphatic hydroxyl groups is 1. The van der Waals surface area contributed by atoms with E-state index in [1.54, 1.807) is 37.9 Å². The molecule has 0 spiro atoms. The van der Waals surface area contributed by atoms with Crippen LogP contribution in [0.2, 0.25) is 0 Å². The molecule has 0 bridgehead atoms. The topological polar surface area (TPSA) is 146 Å². The molecule has 1 aromatic heterocycles. The Bertz CT molecular complexity index is 1720. The van der Waals surface area contributed by atoms with Gasteiger partial charge in [0.2, 0.25) is 0 Å². The standard InChI is InChI=1S/C39H57BN6O8/c1-35(2,3)51-33(48)45-21-19-43(20-22-45)25-39(50)15-17-44(18-16-39)26-11-14-30(41-23-26)42-29-13-12-28(40-53-37(7,8)38(9,10)54-40)27-24-46(32(47)31(27)29)34(49)52-36(4,5)6/h11-14,23,50H,15-22,24-25H2,1-10H3,(H,41,42). The van der Waals surface area contributed by atoms with E-state index in [0.29, 0.717) is 86.7 Å². The van der Waals surface area contributed by atoms with Crippen molar-refractivity contribution in [3.63, 3.8) is 0 Å². The first-order valence-corrected chi connectivity index (χ1v) is 19.0. The number of hydrogen-bond donors (Lipinski definition) is 2. The molecule has 0 unspecified atom stereocenters. The van der Waals surface area contributed by atoms with Gasteiger partial charge in [0.15, 0.2) is 0 Å². The summed E-state index contributed by atoms with van der Waals surface area (Å²) in [6.07, 6.45) is 2.00. The highest BCUT2D eigenvalue weighted by Crippen LogP contribution is 2.39. The van der Waals surface area contributed by atoms with E-state index in [-0.39, 0.29) is 12.6 Å². The van der Waals surface area contributed by atoms with Crippen LogP contribution in [-0.2, 0) is 25.3 Å². The number of anilines is 3. The summed E-state index contributed by atoms with van der Waals surface area (Å²) in [6, 6.07) is 7.51. The van der Waals surface area contributed by atoms with Gasteiger partial charge in [0, 0.05) is 45.8 Å². The number of nitrogens with zero attached hydrogens (tertiary/aromatic N) is 5. The second-order valence-corrected chi connectivity index (χ2v) is 18.0. The number of benzene rings is 1. The molecule has 0 atom stereocenters. The highest BCUT2D eigenvalue weighted by Gasteiger charge is 2.53. The minimum Gasteiger partial charge on any atom is -0.444 e. The lowest BCUT2D eigenvalue weighted by Crippen LogP contribution is -2.56. The number of rotatable bonds is 6. The van der Waals surface area contributed by atoms with E-state index in [1.165, 1.54) is 0 Å². The lowest BCUT2D eigenvalue weighted by atomic mass is 9.74. The summed E-state index contributed by atoms with van der Waals surface area (Å²) in [5, 5.41) is 14.8. The van der Waals surface area contributed by atoms with E-state index < -0.39 is 47.1 Å². The largest absolute Gasteiger partial charge is 0.495 e. The Kier molecular flexibility index (Phi) is 10.5. The summed E-state index contributed by atoms with van der Waals surface area (Å²) in [6.45, 7) is 23.2. The Labute approximate surface area is 319 Å². The van der Waals surface area contributed by atoms with Gasteiger partial charge in [0.05, 0.1) is 46.5 Å². The van der Waals surface area contributed by atoms with Crippen LogP contribution in [0.5, 0.6) is 0 Å². The first-order valence-electron chi connectivity index (χ1n) is 19.0. The van der Waals surface area contributed by atoms with Gasteiger partial charge in [-0.3, -0.25) is 9.69 Å². The third-order valence-electron chi connectivity index (χ3n) is 10.9. The number of amides is 3. The van der Waals surface area contributed by atoms with E-state index in [1.807, 2.05) is 66.7 Å². The number of imide groups is 1. The number of fused-ring (bicyclic) bond motifs is 1. The number of nitrogens with one attached hydrogen (secondary N) is 1. The molecule has 5 heterocycles. The van der Waals surface area contributed by atoms with Crippen LogP contribution in [0.15, 0.2) is 30.5 Å². The summed E-state index contributed by atoms with van der Waals surface area (Å²) < 4.78 is 23.8. The number of carbonyl (C=O) groups excluding carboxylic acids is 3. The van der Waals surface area contributed by atoms with Crippen LogP contribution in [-0.4, -0.2) is 124 Å². The summed E-state index contributed by atoms with van der Waals surface area (Å²) >= 11 is 0. The summed E-state index contributed by atoms with van der Waals surface area (Å²) in [4.78, 5) is 51.6. The Morgan fingerprint density at radius 1 is 0.870 bits per heavy atom. The molecule has 54 heavy (non-hydrogen) atoms. The second-order valence-electron chi connectivity index (χ2n) is 18.0. The van der Waals surface area contributed by atoms with Gasteiger partial charge in [-0.05, 0) is 111 Å². The summed E-state index contributed by atoms with van der Waals surface area (Å²) in [5.41, 5.74) is -0.185. The molecule has 0 radical (unpaired) electrons. The lowest BCUT2D eigenvalue weighted by molar-refractivity contribution is -0.0303. The molecule has 4 aliphatic heterocycles. The Morgan fingerprint density at radius 3 is 2.02 bits per heavy atom. The van der Waals surface area contributed by atoms with Gasteiger partial charge < -0.3 is 39.0 Å². The van der Waals surface area contributed by atoms with Gasteiger partial charge in [-0.25, -0.2) is 19.5 Å². The van der Waals surface area contributed by atoms with E-state index in [9.17, 15) is 19.5 Å². The van der Waals surface area contributed by atoms with Crippen LogP contribution < -0.4 is 15.7 Å². The average Bonchev–Trinajstić information content (AvgIpc) is 3.52. The van der Waals surface area contributed by atoms with E-state index >= 15 is 0 Å². The molecule has 4 aliphatic rings. The summed E-state index contributed by atoms with van der Waals surface area (Å²) in [5.74, 6) is 0.0642. The zero-order valence-electron chi connectivity index (χ0n) is 33.6. The molecular formula is C39H57BN6O8. The van der Waals surface area contributed by atoms with Crippen molar-refractivity contribution in [1.29, 1.82) is 0 Å². The van der Waals surface area contributed by atoms with Crippen molar-refractivity contribution in [1.82, 2.24) is 19.7 Å². The third-order valence-corrected chi connectivity index (χ3v) is 10.9. The molecule has 0 aliphatic carbocycles. The van der Waals surface area contributed by atoms with Gasteiger partial charge in [-0.2, -0.15) is 0 Å². The fraction of sp³-hybridized carbons (Fsp3) is 0.641. The van der Waals surface area contributed by atoms with Crippen molar-refractivity contribution in [2.45, 2.75) is 117 Å². The summed E-state index contributed by atoms with van der Waals surface area (Å²) in [7, 11) is -0.724. The molecule has 294 valence electrons. The first kappa shape index (κ1) is 39.8. The van der Waals surface area contributed by atoms with Gasteiger partial charge in [0.1, 0.15) is 17.0 Å². The van der Waals surface area contributed by atoms with Crippen LogP contribution in [0.1, 0.15) is 98.0 Å². The molecule has 2 N–H and O–H groups in total.